The predicted octanol–water partition coefficient (Wildman–Crippen LogP) is 1.81. The zero-order valence-electron chi connectivity index (χ0n) is 7.49. The summed E-state index contributed by atoms with van der Waals surface area (Å²) in [6, 6.07) is 0. The van der Waals surface area contributed by atoms with Gasteiger partial charge in [-0.05, 0) is 48.7 Å². The molecule has 0 aromatic carbocycles. The van der Waals surface area contributed by atoms with Crippen LogP contribution in [0.5, 0.6) is 0 Å². The third-order valence-corrected chi connectivity index (χ3v) is 5.53. The van der Waals surface area contributed by atoms with Crippen LogP contribution in [0.15, 0.2) is 0 Å². The number of hydrogen-bond donors (Lipinski definition) is 2. The first-order chi connectivity index (χ1) is 6.13. The lowest BCUT2D eigenvalue weighted by Crippen LogP contribution is -2.40. The molecule has 3 heteroatoms. The van der Waals surface area contributed by atoms with E-state index in [-0.39, 0.29) is 10.8 Å². The van der Waals surface area contributed by atoms with Crippen molar-refractivity contribution in [1.82, 2.24) is 0 Å². The van der Waals surface area contributed by atoms with Gasteiger partial charge in [-0.15, -0.1) is 0 Å². The van der Waals surface area contributed by atoms with E-state index in [2.05, 4.69) is 12.6 Å². The lowest BCUT2D eigenvalue weighted by atomic mass is 9.69. The van der Waals surface area contributed by atoms with E-state index in [1.807, 2.05) is 0 Å². The second-order valence-corrected chi connectivity index (χ2v) is 5.48. The van der Waals surface area contributed by atoms with Gasteiger partial charge in [-0.25, -0.2) is 0 Å². The molecule has 0 spiro atoms. The highest BCUT2D eigenvalue weighted by Gasteiger charge is 2.74. The van der Waals surface area contributed by atoms with E-state index in [1.165, 1.54) is 0 Å². The number of thiol groups is 1. The van der Waals surface area contributed by atoms with Gasteiger partial charge in [-0.2, -0.15) is 12.6 Å². The lowest BCUT2D eigenvalue weighted by Gasteiger charge is -2.35. The van der Waals surface area contributed by atoms with Crippen molar-refractivity contribution in [1.29, 1.82) is 0 Å². The maximum atomic E-state index is 11.3. The van der Waals surface area contributed by atoms with Gasteiger partial charge in [-0.3, -0.25) is 4.79 Å². The van der Waals surface area contributed by atoms with Gasteiger partial charge in [0.25, 0.3) is 0 Å². The zero-order valence-corrected chi connectivity index (χ0v) is 8.39. The van der Waals surface area contributed by atoms with E-state index in [0.717, 1.165) is 31.4 Å². The number of carboxylic acid groups (broad SMARTS) is 1. The molecule has 0 aliphatic heterocycles. The summed E-state index contributed by atoms with van der Waals surface area (Å²) in [5.41, 5.74) is -0.304. The van der Waals surface area contributed by atoms with Crippen LogP contribution < -0.4 is 0 Å². The van der Waals surface area contributed by atoms with Crippen molar-refractivity contribution in [2.24, 2.45) is 22.7 Å². The predicted molar refractivity (Wildman–Crippen MR) is 51.8 cm³/mol. The molecule has 4 aliphatic rings. The van der Waals surface area contributed by atoms with Crippen molar-refractivity contribution in [3.05, 3.63) is 0 Å². The van der Waals surface area contributed by atoms with Gasteiger partial charge in [0.15, 0.2) is 0 Å². The monoisotopic (exact) mass is 198 g/mol. The molecule has 0 aromatic rings. The molecule has 2 unspecified atom stereocenters. The van der Waals surface area contributed by atoms with E-state index in [9.17, 15) is 9.90 Å². The third-order valence-electron chi connectivity index (χ3n) is 4.92. The molecule has 13 heavy (non-hydrogen) atoms. The minimum Gasteiger partial charge on any atom is -0.481 e. The molecular weight excluding hydrogens is 184 g/mol. The summed E-state index contributed by atoms with van der Waals surface area (Å²) in [4.78, 5) is 11.3. The van der Waals surface area contributed by atoms with Crippen molar-refractivity contribution >= 4 is 18.6 Å². The van der Waals surface area contributed by atoms with Gasteiger partial charge in [-0.1, -0.05) is 0 Å². The molecule has 4 bridgehead atoms. The molecule has 0 aromatic heterocycles. The minimum atomic E-state index is -0.552. The maximum absolute atomic E-state index is 11.3. The van der Waals surface area contributed by atoms with Crippen LogP contribution in [-0.4, -0.2) is 16.8 Å². The van der Waals surface area contributed by atoms with Gasteiger partial charge in [0.1, 0.15) is 0 Å². The summed E-state index contributed by atoms with van der Waals surface area (Å²) in [5.74, 6) is 1.64. The van der Waals surface area contributed by atoms with E-state index in [4.69, 9.17) is 0 Å². The van der Waals surface area contributed by atoms with Crippen LogP contribution in [0.4, 0.5) is 0 Å². The fraction of sp³-hybridized carbons (Fsp3) is 0.900. The summed E-state index contributed by atoms with van der Waals surface area (Å²) in [5, 5.41) is 9.35. The fourth-order valence-electron chi connectivity index (χ4n) is 4.38. The number of rotatable bonds is 2. The van der Waals surface area contributed by atoms with Crippen LogP contribution in [0.1, 0.15) is 25.7 Å². The summed E-state index contributed by atoms with van der Waals surface area (Å²) in [6.07, 6.45) is 4.14. The molecule has 72 valence electrons. The highest BCUT2D eigenvalue weighted by atomic mass is 32.1. The van der Waals surface area contributed by atoms with Gasteiger partial charge < -0.3 is 5.11 Å². The lowest BCUT2D eigenvalue weighted by molar-refractivity contribution is -0.153. The van der Waals surface area contributed by atoms with Gasteiger partial charge >= 0.3 is 5.97 Å². The van der Waals surface area contributed by atoms with Crippen molar-refractivity contribution in [3.63, 3.8) is 0 Å². The Labute approximate surface area is 83.1 Å². The summed E-state index contributed by atoms with van der Waals surface area (Å²) >= 11 is 4.38. The normalized spacial score (nSPS) is 56.4. The topological polar surface area (TPSA) is 37.3 Å². The van der Waals surface area contributed by atoms with Crippen LogP contribution >= 0.6 is 12.6 Å². The molecule has 0 saturated heterocycles. The first-order valence-corrected chi connectivity index (χ1v) is 5.61. The van der Waals surface area contributed by atoms with Crippen molar-refractivity contribution in [2.45, 2.75) is 25.7 Å². The molecule has 2 atom stereocenters. The Balaban J connectivity index is 2.11. The SMILES string of the molecule is O=C(O)C12CC3CC1(CS)CC3C2. The summed E-state index contributed by atoms with van der Waals surface area (Å²) < 4.78 is 0. The standard InChI is InChI=1S/C10H14O2S/c11-8(12)10-3-6-1-9(10,5-13)2-7(6)4-10/h6-7,13H,1-5H2,(H,11,12). The molecule has 0 amide bonds. The van der Waals surface area contributed by atoms with Crippen LogP contribution in [0.25, 0.3) is 0 Å². The largest absolute Gasteiger partial charge is 0.481 e. The summed E-state index contributed by atoms with van der Waals surface area (Å²) in [6.45, 7) is 0. The fourth-order valence-corrected chi connectivity index (χ4v) is 4.94. The molecule has 4 rings (SSSR count). The number of carboxylic acids is 1. The summed E-state index contributed by atoms with van der Waals surface area (Å²) in [7, 11) is 0. The molecule has 4 fully saturated rings. The molecular formula is C10H14O2S. The number of hydrogen-bond acceptors (Lipinski definition) is 2. The Kier molecular flexibility index (Phi) is 1.30. The Hall–Kier alpha value is -0.180. The number of carbonyl (C=O) groups is 1. The average molecular weight is 198 g/mol. The Morgan fingerprint density at radius 3 is 2.15 bits per heavy atom. The van der Waals surface area contributed by atoms with Crippen LogP contribution in [0.2, 0.25) is 0 Å². The third kappa shape index (κ3) is 0.652. The van der Waals surface area contributed by atoms with E-state index < -0.39 is 5.97 Å². The van der Waals surface area contributed by atoms with Gasteiger partial charge in [0.05, 0.1) is 5.41 Å². The first kappa shape index (κ1) is 8.16. The molecule has 1 N–H and O–H groups in total. The Morgan fingerprint density at radius 2 is 1.85 bits per heavy atom. The molecule has 0 heterocycles. The minimum absolute atomic E-state index is 0.0667. The quantitative estimate of drug-likeness (QED) is 0.664. The van der Waals surface area contributed by atoms with E-state index in [0.29, 0.717) is 11.8 Å². The van der Waals surface area contributed by atoms with E-state index in [1.54, 1.807) is 0 Å². The molecule has 2 nitrogen and oxygen atoms in total. The van der Waals surface area contributed by atoms with Crippen LogP contribution in [0.3, 0.4) is 0 Å². The highest BCUT2D eigenvalue weighted by Crippen LogP contribution is 2.76. The molecule has 0 radical (unpaired) electrons. The average Bonchev–Trinajstić information content (AvgIpc) is 2.71. The second-order valence-electron chi connectivity index (χ2n) is 5.16. The van der Waals surface area contributed by atoms with Crippen molar-refractivity contribution in [3.8, 4) is 0 Å². The van der Waals surface area contributed by atoms with Crippen LogP contribution in [0, 0.1) is 22.7 Å². The van der Waals surface area contributed by atoms with Crippen LogP contribution in [-0.2, 0) is 4.79 Å². The van der Waals surface area contributed by atoms with Gasteiger partial charge in [0.2, 0.25) is 0 Å². The first-order valence-electron chi connectivity index (χ1n) is 4.98. The smallest absolute Gasteiger partial charge is 0.310 e. The van der Waals surface area contributed by atoms with E-state index >= 15 is 0 Å². The zero-order chi connectivity index (χ0) is 9.27. The van der Waals surface area contributed by atoms with Gasteiger partial charge in [0, 0.05) is 0 Å². The second kappa shape index (κ2) is 2.08. The Bertz CT molecular complexity index is 273. The van der Waals surface area contributed by atoms with Crippen molar-refractivity contribution in [2.75, 3.05) is 5.75 Å². The number of aliphatic carboxylic acids is 1. The molecule has 4 saturated carbocycles. The Morgan fingerprint density at radius 1 is 1.31 bits per heavy atom. The maximum Gasteiger partial charge on any atom is 0.310 e. The molecule has 4 aliphatic carbocycles. The van der Waals surface area contributed by atoms with Crippen molar-refractivity contribution < 1.29 is 9.90 Å². The highest BCUT2D eigenvalue weighted by molar-refractivity contribution is 7.80.